The minimum Gasteiger partial charge on any atom is -0.461 e. The Morgan fingerprint density at radius 3 is 2.60 bits per heavy atom. The number of rotatable bonds is 5. The van der Waals surface area contributed by atoms with Crippen molar-refractivity contribution in [3.63, 3.8) is 0 Å². The lowest BCUT2D eigenvalue weighted by atomic mass is 10.1. The molecule has 0 amide bonds. The summed E-state index contributed by atoms with van der Waals surface area (Å²) in [5.41, 5.74) is 0.528. The van der Waals surface area contributed by atoms with E-state index in [2.05, 4.69) is 0 Å². The first kappa shape index (κ1) is 11.7. The largest absolute Gasteiger partial charge is 0.461 e. The van der Waals surface area contributed by atoms with Gasteiger partial charge in [0.05, 0.1) is 6.61 Å². The van der Waals surface area contributed by atoms with E-state index in [-0.39, 0.29) is 6.61 Å². The Hall–Kier alpha value is -1.39. The standard InChI is InChI=1S/C11H14O4/c1-14-7-8-15-11(13)10(12)9-5-3-2-4-6-9/h2-6,10,12H,7-8H2,1H3/t10-/m1/s1. The first-order valence-corrected chi connectivity index (χ1v) is 4.64. The monoisotopic (exact) mass is 210 g/mol. The summed E-state index contributed by atoms with van der Waals surface area (Å²) in [7, 11) is 1.52. The highest BCUT2D eigenvalue weighted by Gasteiger charge is 2.17. The zero-order valence-corrected chi connectivity index (χ0v) is 8.55. The molecule has 4 nitrogen and oxygen atoms in total. The zero-order chi connectivity index (χ0) is 11.1. The van der Waals surface area contributed by atoms with Gasteiger partial charge in [0.25, 0.3) is 0 Å². The van der Waals surface area contributed by atoms with Crippen LogP contribution in [0.2, 0.25) is 0 Å². The molecule has 0 aliphatic rings. The molecule has 1 N–H and O–H groups in total. The molecule has 0 spiro atoms. The van der Waals surface area contributed by atoms with Crippen molar-refractivity contribution in [1.29, 1.82) is 0 Å². The molecule has 1 atom stereocenters. The molecule has 1 rings (SSSR count). The van der Waals surface area contributed by atoms with Crippen LogP contribution in [0, 0.1) is 0 Å². The highest BCUT2D eigenvalue weighted by molar-refractivity contribution is 5.76. The second-order valence-corrected chi connectivity index (χ2v) is 2.97. The molecule has 0 radical (unpaired) electrons. The Labute approximate surface area is 88.4 Å². The van der Waals surface area contributed by atoms with Crippen molar-refractivity contribution in [2.45, 2.75) is 6.10 Å². The third-order valence-electron chi connectivity index (χ3n) is 1.87. The van der Waals surface area contributed by atoms with Gasteiger partial charge in [-0.25, -0.2) is 4.79 Å². The van der Waals surface area contributed by atoms with E-state index in [1.165, 1.54) is 7.11 Å². The maximum absolute atomic E-state index is 11.3. The van der Waals surface area contributed by atoms with E-state index in [9.17, 15) is 9.90 Å². The van der Waals surface area contributed by atoms with E-state index in [4.69, 9.17) is 9.47 Å². The fourth-order valence-corrected chi connectivity index (χ4v) is 1.08. The normalized spacial score (nSPS) is 12.1. The number of methoxy groups -OCH3 is 1. The number of aliphatic hydroxyl groups is 1. The zero-order valence-electron chi connectivity index (χ0n) is 8.55. The van der Waals surface area contributed by atoms with Crippen molar-refractivity contribution >= 4 is 5.97 Å². The fourth-order valence-electron chi connectivity index (χ4n) is 1.08. The van der Waals surface area contributed by atoms with Gasteiger partial charge in [0.2, 0.25) is 0 Å². The molecule has 82 valence electrons. The predicted octanol–water partition coefficient (Wildman–Crippen LogP) is 0.910. The van der Waals surface area contributed by atoms with Crippen LogP contribution in [0.3, 0.4) is 0 Å². The second-order valence-electron chi connectivity index (χ2n) is 2.97. The van der Waals surface area contributed by atoms with Crippen molar-refractivity contribution in [1.82, 2.24) is 0 Å². The number of hydrogen-bond acceptors (Lipinski definition) is 4. The lowest BCUT2D eigenvalue weighted by Gasteiger charge is -2.10. The molecule has 0 aliphatic carbocycles. The minimum atomic E-state index is -1.22. The fraction of sp³-hybridized carbons (Fsp3) is 0.364. The molecule has 0 fully saturated rings. The summed E-state index contributed by atoms with van der Waals surface area (Å²) < 4.78 is 9.50. The number of aliphatic hydroxyl groups excluding tert-OH is 1. The van der Waals surface area contributed by atoms with Crippen molar-refractivity contribution < 1.29 is 19.4 Å². The number of benzene rings is 1. The molecule has 0 heterocycles. The Bertz CT molecular complexity index is 297. The van der Waals surface area contributed by atoms with Crippen LogP contribution < -0.4 is 0 Å². The van der Waals surface area contributed by atoms with E-state index in [0.29, 0.717) is 12.2 Å². The van der Waals surface area contributed by atoms with Crippen LogP contribution in [-0.4, -0.2) is 31.4 Å². The Kier molecular flexibility index (Phi) is 4.80. The molecule has 0 saturated heterocycles. The van der Waals surface area contributed by atoms with E-state index in [1.807, 2.05) is 6.07 Å². The smallest absolute Gasteiger partial charge is 0.339 e. The van der Waals surface area contributed by atoms with E-state index in [1.54, 1.807) is 24.3 Å². The molecule has 0 aliphatic heterocycles. The molecule has 1 aromatic carbocycles. The van der Waals surface area contributed by atoms with Crippen LogP contribution >= 0.6 is 0 Å². The molecular weight excluding hydrogens is 196 g/mol. The summed E-state index contributed by atoms with van der Waals surface area (Å²) in [6.07, 6.45) is -1.22. The van der Waals surface area contributed by atoms with Crippen LogP contribution in [0.15, 0.2) is 30.3 Å². The molecule has 0 unspecified atom stereocenters. The number of carbonyl (C=O) groups excluding carboxylic acids is 1. The first-order chi connectivity index (χ1) is 7.25. The highest BCUT2D eigenvalue weighted by Crippen LogP contribution is 2.13. The van der Waals surface area contributed by atoms with Gasteiger partial charge in [-0.05, 0) is 5.56 Å². The number of ether oxygens (including phenoxy) is 2. The van der Waals surface area contributed by atoms with Crippen molar-refractivity contribution in [2.75, 3.05) is 20.3 Å². The number of carbonyl (C=O) groups is 1. The second kappa shape index (κ2) is 6.16. The summed E-state index contributed by atoms with van der Waals surface area (Å²) in [6, 6.07) is 8.65. The van der Waals surface area contributed by atoms with Crippen molar-refractivity contribution in [3.05, 3.63) is 35.9 Å². The van der Waals surface area contributed by atoms with Crippen molar-refractivity contribution in [3.8, 4) is 0 Å². The van der Waals surface area contributed by atoms with Gasteiger partial charge in [0.15, 0.2) is 6.10 Å². The number of esters is 1. The molecule has 0 aromatic heterocycles. The van der Waals surface area contributed by atoms with Gasteiger partial charge in [0, 0.05) is 7.11 Å². The van der Waals surface area contributed by atoms with Crippen molar-refractivity contribution in [2.24, 2.45) is 0 Å². The average molecular weight is 210 g/mol. The van der Waals surface area contributed by atoms with Gasteiger partial charge in [-0.1, -0.05) is 30.3 Å². The molecule has 0 saturated carbocycles. The summed E-state index contributed by atoms with van der Waals surface area (Å²) in [6.45, 7) is 0.479. The van der Waals surface area contributed by atoms with E-state index >= 15 is 0 Å². The predicted molar refractivity (Wildman–Crippen MR) is 54.2 cm³/mol. The van der Waals surface area contributed by atoms with Crippen LogP contribution in [0.4, 0.5) is 0 Å². The lowest BCUT2D eigenvalue weighted by Crippen LogP contribution is -2.17. The first-order valence-electron chi connectivity index (χ1n) is 4.64. The van der Waals surface area contributed by atoms with E-state index < -0.39 is 12.1 Å². The van der Waals surface area contributed by atoms with Gasteiger partial charge in [0.1, 0.15) is 6.61 Å². The third kappa shape index (κ3) is 3.69. The van der Waals surface area contributed by atoms with E-state index in [0.717, 1.165) is 0 Å². The summed E-state index contributed by atoms with van der Waals surface area (Å²) >= 11 is 0. The minimum absolute atomic E-state index is 0.152. The Morgan fingerprint density at radius 2 is 2.00 bits per heavy atom. The average Bonchev–Trinajstić information content (AvgIpc) is 2.29. The molecule has 1 aromatic rings. The van der Waals surface area contributed by atoms with Gasteiger partial charge >= 0.3 is 5.97 Å². The van der Waals surface area contributed by atoms with Gasteiger partial charge in [-0.3, -0.25) is 0 Å². The quantitative estimate of drug-likeness (QED) is 0.579. The number of hydrogen-bond donors (Lipinski definition) is 1. The van der Waals surface area contributed by atoms with Crippen LogP contribution in [0.25, 0.3) is 0 Å². The van der Waals surface area contributed by atoms with Gasteiger partial charge in [-0.15, -0.1) is 0 Å². The molecule has 15 heavy (non-hydrogen) atoms. The molecular formula is C11H14O4. The molecule has 4 heteroatoms. The summed E-state index contributed by atoms with van der Waals surface area (Å²) in [5.74, 6) is -0.654. The highest BCUT2D eigenvalue weighted by atomic mass is 16.6. The Morgan fingerprint density at radius 1 is 1.33 bits per heavy atom. The third-order valence-corrected chi connectivity index (χ3v) is 1.87. The van der Waals surface area contributed by atoms with Gasteiger partial charge in [-0.2, -0.15) is 0 Å². The topological polar surface area (TPSA) is 55.8 Å². The van der Waals surface area contributed by atoms with Crippen LogP contribution in [0.5, 0.6) is 0 Å². The lowest BCUT2D eigenvalue weighted by molar-refractivity contribution is -0.155. The summed E-state index contributed by atoms with van der Waals surface area (Å²) in [5, 5.41) is 9.57. The SMILES string of the molecule is COCCOC(=O)[C@H](O)c1ccccc1. The Balaban J connectivity index is 2.46. The van der Waals surface area contributed by atoms with Crippen LogP contribution in [-0.2, 0) is 14.3 Å². The summed E-state index contributed by atoms with van der Waals surface area (Å²) in [4.78, 5) is 11.3. The molecule has 0 bridgehead atoms. The van der Waals surface area contributed by atoms with Gasteiger partial charge < -0.3 is 14.6 Å². The maximum atomic E-state index is 11.3. The maximum Gasteiger partial charge on any atom is 0.339 e. The van der Waals surface area contributed by atoms with Crippen LogP contribution in [0.1, 0.15) is 11.7 Å².